The van der Waals surface area contributed by atoms with Gasteiger partial charge in [0.05, 0.1) is 6.04 Å². The van der Waals surface area contributed by atoms with Crippen LogP contribution in [0.25, 0.3) is 0 Å². The van der Waals surface area contributed by atoms with Crippen LogP contribution in [0.2, 0.25) is 0 Å². The number of nitrogens with two attached hydrogens (primary N) is 1. The van der Waals surface area contributed by atoms with Crippen molar-refractivity contribution in [3.63, 3.8) is 0 Å². The van der Waals surface area contributed by atoms with Crippen LogP contribution < -0.4 is 11.1 Å². The average Bonchev–Trinajstić information content (AvgIpc) is 2.35. The second kappa shape index (κ2) is 8.14. The highest BCUT2D eigenvalue weighted by Gasteiger charge is 2.12. The van der Waals surface area contributed by atoms with Crippen LogP contribution in [0.4, 0.5) is 5.69 Å². The van der Waals surface area contributed by atoms with Gasteiger partial charge in [-0.3, -0.25) is 4.79 Å². The Balaban J connectivity index is 2.27. The van der Waals surface area contributed by atoms with Gasteiger partial charge in [0, 0.05) is 5.69 Å². The molecule has 0 spiro atoms. The number of hydrogen-bond donors (Lipinski definition) is 3. The summed E-state index contributed by atoms with van der Waals surface area (Å²) in [6.07, 6.45) is 3.86. The second-order valence-corrected chi connectivity index (χ2v) is 4.48. The quantitative estimate of drug-likeness (QED) is 0.516. The molecule has 1 rings (SSSR count). The van der Waals surface area contributed by atoms with Crippen LogP contribution in [-0.4, -0.2) is 17.7 Å². The molecule has 0 saturated carbocycles. The Bertz CT molecular complexity index is 329. The zero-order chi connectivity index (χ0) is 12.5. The van der Waals surface area contributed by atoms with Gasteiger partial charge in [-0.25, -0.2) is 0 Å². The number of amides is 1. The van der Waals surface area contributed by atoms with E-state index >= 15 is 0 Å². The molecule has 0 bridgehead atoms. The number of rotatable bonds is 7. The van der Waals surface area contributed by atoms with Gasteiger partial charge in [0.1, 0.15) is 0 Å². The molecule has 1 aromatic carbocycles. The Hall–Kier alpha value is -1.00. The zero-order valence-electron chi connectivity index (χ0n) is 9.93. The lowest BCUT2D eigenvalue weighted by atomic mass is 10.1. The highest BCUT2D eigenvalue weighted by atomic mass is 32.1. The second-order valence-electron chi connectivity index (χ2n) is 4.03. The van der Waals surface area contributed by atoms with E-state index in [0.29, 0.717) is 0 Å². The van der Waals surface area contributed by atoms with E-state index in [1.165, 1.54) is 0 Å². The summed E-state index contributed by atoms with van der Waals surface area (Å²) >= 11 is 4.14. The zero-order valence-corrected chi connectivity index (χ0v) is 10.8. The van der Waals surface area contributed by atoms with E-state index in [0.717, 1.165) is 37.1 Å². The Morgan fingerprint density at radius 3 is 2.59 bits per heavy atom. The Morgan fingerprint density at radius 1 is 1.24 bits per heavy atom. The van der Waals surface area contributed by atoms with E-state index < -0.39 is 6.04 Å². The summed E-state index contributed by atoms with van der Waals surface area (Å²) in [4.78, 5) is 11.7. The van der Waals surface area contributed by atoms with Crippen LogP contribution in [0.3, 0.4) is 0 Å². The highest BCUT2D eigenvalue weighted by Crippen LogP contribution is 2.08. The molecule has 94 valence electrons. The maximum absolute atomic E-state index is 11.7. The molecule has 0 aromatic heterocycles. The van der Waals surface area contributed by atoms with E-state index in [-0.39, 0.29) is 5.91 Å². The van der Waals surface area contributed by atoms with Gasteiger partial charge in [0.15, 0.2) is 0 Å². The Morgan fingerprint density at radius 2 is 1.94 bits per heavy atom. The predicted molar refractivity (Wildman–Crippen MR) is 75.4 cm³/mol. The van der Waals surface area contributed by atoms with E-state index in [1.807, 2.05) is 30.3 Å². The number of carbonyl (C=O) groups is 1. The van der Waals surface area contributed by atoms with Crippen molar-refractivity contribution >= 4 is 24.2 Å². The number of carbonyl (C=O) groups excluding carboxylic acids is 1. The molecule has 0 fully saturated rings. The number of hydrogen-bond acceptors (Lipinski definition) is 3. The van der Waals surface area contributed by atoms with Gasteiger partial charge in [0.2, 0.25) is 5.91 Å². The summed E-state index contributed by atoms with van der Waals surface area (Å²) < 4.78 is 0. The number of unbranched alkanes of at least 4 members (excludes halogenated alkanes) is 2. The van der Waals surface area contributed by atoms with Crippen molar-refractivity contribution in [2.75, 3.05) is 11.1 Å². The third-order valence-electron chi connectivity index (χ3n) is 2.55. The molecule has 3 nitrogen and oxygen atoms in total. The first-order valence-electron chi connectivity index (χ1n) is 5.96. The molecule has 0 unspecified atom stereocenters. The molecule has 0 saturated heterocycles. The number of para-hydroxylation sites is 1. The molecule has 0 aliphatic carbocycles. The summed E-state index contributed by atoms with van der Waals surface area (Å²) in [5.41, 5.74) is 6.61. The third-order valence-corrected chi connectivity index (χ3v) is 2.87. The van der Waals surface area contributed by atoms with E-state index in [4.69, 9.17) is 5.73 Å². The Kier molecular flexibility index (Phi) is 6.74. The van der Waals surface area contributed by atoms with Gasteiger partial charge in [-0.2, -0.15) is 12.6 Å². The van der Waals surface area contributed by atoms with Crippen LogP contribution in [0, 0.1) is 0 Å². The van der Waals surface area contributed by atoms with Crippen LogP contribution >= 0.6 is 12.6 Å². The molecule has 4 heteroatoms. The van der Waals surface area contributed by atoms with Crippen molar-refractivity contribution in [1.82, 2.24) is 0 Å². The first-order valence-corrected chi connectivity index (χ1v) is 6.59. The highest BCUT2D eigenvalue weighted by molar-refractivity contribution is 7.80. The molecule has 1 aromatic rings. The first kappa shape index (κ1) is 14.1. The lowest BCUT2D eigenvalue weighted by Gasteiger charge is -2.11. The topological polar surface area (TPSA) is 55.1 Å². The van der Waals surface area contributed by atoms with Gasteiger partial charge >= 0.3 is 0 Å². The molecule has 0 heterocycles. The fraction of sp³-hybridized carbons (Fsp3) is 0.462. The molecule has 1 amide bonds. The number of nitrogens with one attached hydrogen (secondary N) is 1. The molecule has 0 radical (unpaired) electrons. The van der Waals surface area contributed by atoms with E-state index in [9.17, 15) is 4.79 Å². The standard InChI is InChI=1S/C13H20N2OS/c14-12(9-5-2-6-10-17)13(16)15-11-7-3-1-4-8-11/h1,3-4,7-8,12,17H,2,5-6,9-10,14H2,(H,15,16)/t12-/m0/s1. The van der Waals surface area contributed by atoms with Crippen molar-refractivity contribution in [3.05, 3.63) is 30.3 Å². The third kappa shape index (κ3) is 5.75. The molecule has 0 aliphatic rings. The summed E-state index contributed by atoms with van der Waals surface area (Å²) in [6, 6.07) is 8.96. The molecular formula is C13H20N2OS. The molecule has 3 N–H and O–H groups in total. The van der Waals surface area contributed by atoms with Crippen molar-refractivity contribution in [3.8, 4) is 0 Å². The van der Waals surface area contributed by atoms with Crippen LogP contribution in [0.1, 0.15) is 25.7 Å². The molecular weight excluding hydrogens is 232 g/mol. The first-order chi connectivity index (χ1) is 8.24. The van der Waals surface area contributed by atoms with E-state index in [1.54, 1.807) is 0 Å². The maximum Gasteiger partial charge on any atom is 0.241 e. The van der Waals surface area contributed by atoms with Crippen molar-refractivity contribution in [2.24, 2.45) is 5.73 Å². The molecule has 17 heavy (non-hydrogen) atoms. The molecule has 1 atom stereocenters. The van der Waals surface area contributed by atoms with Crippen molar-refractivity contribution in [1.29, 1.82) is 0 Å². The average molecular weight is 252 g/mol. The van der Waals surface area contributed by atoms with Crippen molar-refractivity contribution < 1.29 is 4.79 Å². The lowest BCUT2D eigenvalue weighted by Crippen LogP contribution is -2.35. The van der Waals surface area contributed by atoms with Gasteiger partial charge < -0.3 is 11.1 Å². The minimum atomic E-state index is -0.421. The maximum atomic E-state index is 11.7. The SMILES string of the molecule is N[C@@H](CCCCCS)C(=O)Nc1ccccc1. The number of thiol groups is 1. The number of benzene rings is 1. The summed E-state index contributed by atoms with van der Waals surface area (Å²) in [7, 11) is 0. The lowest BCUT2D eigenvalue weighted by molar-refractivity contribution is -0.117. The normalized spacial score (nSPS) is 12.1. The van der Waals surface area contributed by atoms with E-state index in [2.05, 4.69) is 17.9 Å². The van der Waals surface area contributed by atoms with Gasteiger partial charge in [-0.15, -0.1) is 0 Å². The van der Waals surface area contributed by atoms with Gasteiger partial charge in [-0.05, 0) is 30.7 Å². The Labute approximate surface area is 108 Å². The van der Waals surface area contributed by atoms with Gasteiger partial charge in [-0.1, -0.05) is 31.0 Å². The minimum Gasteiger partial charge on any atom is -0.325 e. The summed E-state index contributed by atoms with van der Waals surface area (Å²) in [5, 5.41) is 2.80. The van der Waals surface area contributed by atoms with Crippen LogP contribution in [-0.2, 0) is 4.79 Å². The van der Waals surface area contributed by atoms with Crippen molar-refractivity contribution in [2.45, 2.75) is 31.7 Å². The summed E-state index contributed by atoms with van der Waals surface area (Å²) in [6.45, 7) is 0. The molecule has 0 aliphatic heterocycles. The monoisotopic (exact) mass is 252 g/mol. The fourth-order valence-electron chi connectivity index (χ4n) is 1.54. The van der Waals surface area contributed by atoms with Gasteiger partial charge in [0.25, 0.3) is 0 Å². The summed E-state index contributed by atoms with van der Waals surface area (Å²) in [5.74, 6) is 0.785. The smallest absolute Gasteiger partial charge is 0.241 e. The largest absolute Gasteiger partial charge is 0.325 e. The van der Waals surface area contributed by atoms with Crippen LogP contribution in [0.5, 0.6) is 0 Å². The fourth-order valence-corrected chi connectivity index (χ4v) is 1.76. The minimum absolute atomic E-state index is 0.109. The van der Waals surface area contributed by atoms with Crippen LogP contribution in [0.15, 0.2) is 30.3 Å². The number of anilines is 1. The predicted octanol–water partition coefficient (Wildman–Crippen LogP) is 2.44.